The highest BCUT2D eigenvalue weighted by Crippen LogP contribution is 2.31. The molecule has 7 nitrogen and oxygen atoms in total. The summed E-state index contributed by atoms with van der Waals surface area (Å²) in [5, 5.41) is 3.10. The van der Waals surface area contributed by atoms with Gasteiger partial charge in [-0.25, -0.2) is 19.8 Å². The van der Waals surface area contributed by atoms with Crippen molar-refractivity contribution in [2.45, 2.75) is 20.8 Å². The maximum absolute atomic E-state index is 13.2. The third kappa shape index (κ3) is 4.42. The molecule has 0 saturated heterocycles. The number of imidazole rings is 1. The summed E-state index contributed by atoms with van der Waals surface area (Å²) in [5.74, 6) is 0.171. The molecule has 2 aromatic rings. The fourth-order valence-corrected chi connectivity index (χ4v) is 2.77. The number of nitrogens with one attached hydrogen (secondary N) is 1. The summed E-state index contributed by atoms with van der Waals surface area (Å²) in [4.78, 5) is 25.4. The average Bonchev–Trinajstić information content (AvgIpc) is 3.24. The number of halogens is 1. The van der Waals surface area contributed by atoms with Crippen LogP contribution in [0.3, 0.4) is 0 Å². The number of rotatable bonds is 6. The first kappa shape index (κ1) is 19.5. The Morgan fingerprint density at radius 1 is 1.58 bits per heavy atom. The van der Waals surface area contributed by atoms with E-state index in [0.717, 1.165) is 0 Å². The lowest BCUT2D eigenvalue weighted by molar-refractivity contribution is 0.253. The molecular weight excluding hydrogens is 355 g/mol. The minimum atomic E-state index is -0.878. The minimum absolute atomic E-state index is 0.171. The smallest absolute Gasteiger partial charge is 0.333 e. The Morgan fingerprint density at radius 2 is 2.31 bits per heavy atom. The Labute approximate surface area is 155 Å². The zero-order chi connectivity index (χ0) is 19.3. The molecule has 0 aliphatic carbocycles. The first-order valence-electron chi connectivity index (χ1n) is 7.79. The third-order valence-corrected chi connectivity index (χ3v) is 4.62. The van der Waals surface area contributed by atoms with Gasteiger partial charge in [0.25, 0.3) is 0 Å². The molecule has 9 heteroatoms. The van der Waals surface area contributed by atoms with Crippen LogP contribution < -0.4 is 11.1 Å². The second-order valence-electron chi connectivity index (χ2n) is 6.14. The molecule has 0 unspecified atom stereocenters. The van der Waals surface area contributed by atoms with Crippen LogP contribution in [0, 0.1) is 12.3 Å². The molecule has 0 aromatic carbocycles. The Morgan fingerprint density at radius 3 is 2.88 bits per heavy atom. The van der Waals surface area contributed by atoms with Gasteiger partial charge in [0.15, 0.2) is 5.13 Å². The molecule has 2 rings (SSSR count). The van der Waals surface area contributed by atoms with Crippen molar-refractivity contribution < 1.29 is 9.18 Å². The van der Waals surface area contributed by atoms with Crippen LogP contribution in [-0.4, -0.2) is 33.1 Å². The molecule has 26 heavy (non-hydrogen) atoms. The number of aliphatic imine (C=N–C) groups is 1. The first-order valence-corrected chi connectivity index (χ1v) is 8.60. The lowest BCUT2D eigenvalue weighted by Gasteiger charge is -2.19. The van der Waals surface area contributed by atoms with Crippen LogP contribution in [0.2, 0.25) is 0 Å². The monoisotopic (exact) mass is 376 g/mol. The van der Waals surface area contributed by atoms with Gasteiger partial charge in [0.2, 0.25) is 0 Å². The van der Waals surface area contributed by atoms with Crippen molar-refractivity contribution >= 4 is 34.0 Å². The van der Waals surface area contributed by atoms with Crippen molar-refractivity contribution in [3.63, 3.8) is 0 Å². The minimum Gasteiger partial charge on any atom is -0.387 e. The van der Waals surface area contributed by atoms with Crippen LogP contribution in [0.4, 0.5) is 14.3 Å². The van der Waals surface area contributed by atoms with Gasteiger partial charge in [-0.1, -0.05) is 37.8 Å². The number of aryl methyl sites for hydroxylation is 1. The predicted molar refractivity (Wildman–Crippen MR) is 103 cm³/mol. The Bertz CT molecular complexity index is 851. The second-order valence-corrected chi connectivity index (χ2v) is 7.13. The van der Waals surface area contributed by atoms with Crippen molar-refractivity contribution in [1.29, 1.82) is 0 Å². The molecule has 0 aliphatic rings. The summed E-state index contributed by atoms with van der Waals surface area (Å²) >= 11 is 1.24. The molecule has 0 atom stereocenters. The molecule has 0 radical (unpaired) electrons. The van der Waals surface area contributed by atoms with Crippen molar-refractivity contribution in [3.8, 4) is 0 Å². The summed E-state index contributed by atoms with van der Waals surface area (Å²) in [6, 6.07) is -0.376. The van der Waals surface area contributed by atoms with Gasteiger partial charge in [-0.15, -0.1) is 0 Å². The Kier molecular flexibility index (Phi) is 6.04. The van der Waals surface area contributed by atoms with Gasteiger partial charge in [0.1, 0.15) is 18.8 Å². The van der Waals surface area contributed by atoms with E-state index in [9.17, 15) is 9.18 Å². The van der Waals surface area contributed by atoms with E-state index in [1.54, 1.807) is 32.9 Å². The van der Waals surface area contributed by atoms with E-state index < -0.39 is 12.1 Å². The van der Waals surface area contributed by atoms with Crippen LogP contribution in [-0.2, 0) is 0 Å². The highest BCUT2D eigenvalue weighted by atomic mass is 32.1. The number of nitrogens with zero attached hydrogens (tertiary/aromatic N) is 4. The molecule has 2 aromatic heterocycles. The number of allylic oxidation sites excluding steroid dienone is 2. The topological polar surface area (TPSA) is 98.2 Å². The highest BCUT2D eigenvalue weighted by molar-refractivity contribution is 7.17. The third-order valence-electron chi connectivity index (χ3n) is 3.53. The number of aromatic nitrogens is 3. The molecule has 3 N–H and O–H groups in total. The van der Waals surface area contributed by atoms with E-state index in [2.05, 4.69) is 26.9 Å². The quantitative estimate of drug-likeness (QED) is 0.457. The van der Waals surface area contributed by atoms with Gasteiger partial charge < -0.3 is 5.73 Å². The SMILES string of the molecule is C=C/C=C(\N=C(N)C(C)(C)CF)c1sc(NC(=O)n2ccnc2)nc1C. The number of hydrogen-bond acceptors (Lipinski definition) is 5. The van der Waals surface area contributed by atoms with Gasteiger partial charge in [-0.2, -0.15) is 0 Å². The van der Waals surface area contributed by atoms with E-state index in [1.165, 1.54) is 34.6 Å². The first-order chi connectivity index (χ1) is 12.3. The van der Waals surface area contributed by atoms with E-state index in [-0.39, 0.29) is 11.9 Å². The van der Waals surface area contributed by atoms with Crippen LogP contribution in [0.1, 0.15) is 24.4 Å². The molecule has 0 fully saturated rings. The molecule has 138 valence electrons. The Hall–Kier alpha value is -2.81. The number of hydrogen-bond donors (Lipinski definition) is 2. The zero-order valence-corrected chi connectivity index (χ0v) is 15.7. The summed E-state index contributed by atoms with van der Waals surface area (Å²) in [7, 11) is 0. The van der Waals surface area contributed by atoms with Gasteiger partial charge in [-0.05, 0) is 13.0 Å². The number of nitrogens with two attached hydrogens (primary N) is 1. The molecule has 0 saturated carbocycles. The Balaban J connectivity index is 2.32. The molecule has 0 aliphatic heterocycles. The van der Waals surface area contributed by atoms with Crippen molar-refractivity contribution in [2.75, 3.05) is 12.0 Å². The lowest BCUT2D eigenvalue weighted by atomic mass is 9.94. The fourth-order valence-electron chi connectivity index (χ4n) is 1.85. The van der Waals surface area contributed by atoms with Crippen molar-refractivity contribution in [2.24, 2.45) is 16.1 Å². The van der Waals surface area contributed by atoms with Crippen molar-refractivity contribution in [3.05, 3.63) is 48.0 Å². The largest absolute Gasteiger partial charge is 0.387 e. The summed E-state index contributed by atoms with van der Waals surface area (Å²) < 4.78 is 14.5. The molecule has 2 heterocycles. The lowest BCUT2D eigenvalue weighted by Crippen LogP contribution is -2.33. The molecular formula is C17H21FN6OS. The molecule has 0 spiro atoms. The van der Waals surface area contributed by atoms with E-state index in [1.807, 2.05) is 0 Å². The summed E-state index contributed by atoms with van der Waals surface area (Å²) in [6.07, 6.45) is 7.67. The maximum atomic E-state index is 13.2. The van der Waals surface area contributed by atoms with Gasteiger partial charge in [-0.3, -0.25) is 14.3 Å². The van der Waals surface area contributed by atoms with Crippen LogP contribution in [0.15, 0.2) is 42.4 Å². The highest BCUT2D eigenvalue weighted by Gasteiger charge is 2.24. The van der Waals surface area contributed by atoms with Crippen LogP contribution in [0.5, 0.6) is 0 Å². The molecule has 1 amide bonds. The predicted octanol–water partition coefficient (Wildman–Crippen LogP) is 3.61. The summed E-state index contributed by atoms with van der Waals surface area (Å²) in [5.41, 5.74) is 6.27. The number of anilines is 1. The normalized spacial score (nSPS) is 12.9. The maximum Gasteiger partial charge on any atom is 0.333 e. The van der Waals surface area contributed by atoms with Crippen LogP contribution >= 0.6 is 11.3 Å². The van der Waals surface area contributed by atoms with Crippen molar-refractivity contribution in [1.82, 2.24) is 14.5 Å². The summed E-state index contributed by atoms with van der Waals surface area (Å²) in [6.45, 7) is 8.19. The van der Waals surface area contributed by atoms with E-state index >= 15 is 0 Å². The number of alkyl halides is 1. The second kappa shape index (κ2) is 8.05. The number of amides is 1. The number of carbonyl (C=O) groups is 1. The zero-order valence-electron chi connectivity index (χ0n) is 14.9. The van der Waals surface area contributed by atoms with E-state index in [0.29, 0.717) is 21.4 Å². The van der Waals surface area contributed by atoms with Gasteiger partial charge in [0.05, 0.1) is 21.7 Å². The fraction of sp³-hybridized carbons (Fsp3) is 0.294. The van der Waals surface area contributed by atoms with Crippen LogP contribution in [0.25, 0.3) is 5.70 Å². The number of carbonyl (C=O) groups excluding carboxylic acids is 1. The van der Waals surface area contributed by atoms with E-state index in [4.69, 9.17) is 5.73 Å². The number of thiazole rings is 1. The van der Waals surface area contributed by atoms with Gasteiger partial charge >= 0.3 is 6.03 Å². The standard InChI is InChI=1S/C17H21FN6OS/c1-5-6-12(22-14(19)17(3,4)9-18)13-11(2)21-15(26-13)23-16(25)24-8-7-20-10-24/h5-8,10H,1,9H2,2-4H3,(H2,19,22)(H,21,23,25)/b12-6-. The number of amidine groups is 1. The average molecular weight is 376 g/mol. The molecule has 0 bridgehead atoms. The van der Waals surface area contributed by atoms with Gasteiger partial charge in [0, 0.05) is 12.4 Å².